The number of halogens is 2. The molecule has 2 aromatic carbocycles. The van der Waals surface area contributed by atoms with Gasteiger partial charge in [-0.3, -0.25) is 5.32 Å². The maximum absolute atomic E-state index is 13.9. The van der Waals surface area contributed by atoms with Crippen LogP contribution in [0.3, 0.4) is 0 Å². The number of nitrogens with one attached hydrogen (secondary N) is 1. The number of hydrogen-bond donors (Lipinski definition) is 1. The van der Waals surface area contributed by atoms with E-state index in [9.17, 15) is 17.2 Å². The molecule has 0 amide bonds. The monoisotopic (exact) mass is 393 g/mol. The van der Waals surface area contributed by atoms with Gasteiger partial charge in [0.05, 0.1) is 16.7 Å². The molecule has 3 rings (SSSR count). The van der Waals surface area contributed by atoms with Gasteiger partial charge >= 0.3 is 0 Å². The summed E-state index contributed by atoms with van der Waals surface area (Å²) in [6.45, 7) is 4.03. The summed E-state index contributed by atoms with van der Waals surface area (Å²) < 4.78 is 53.7. The lowest BCUT2D eigenvalue weighted by atomic mass is 9.88. The van der Waals surface area contributed by atoms with Crippen molar-refractivity contribution in [2.24, 2.45) is 0 Å². The molecule has 3 nitrogen and oxygen atoms in total. The van der Waals surface area contributed by atoms with Crippen molar-refractivity contribution in [2.45, 2.75) is 56.0 Å². The van der Waals surface area contributed by atoms with E-state index in [2.05, 4.69) is 12.2 Å². The number of sulfone groups is 1. The zero-order valence-corrected chi connectivity index (χ0v) is 16.5. The highest BCUT2D eigenvalue weighted by Crippen LogP contribution is 2.38. The molecule has 0 radical (unpaired) electrons. The van der Waals surface area contributed by atoms with Crippen molar-refractivity contribution in [1.29, 1.82) is 0 Å². The van der Waals surface area contributed by atoms with Crippen LogP contribution in [0.15, 0.2) is 47.4 Å². The average molecular weight is 393 g/mol. The highest BCUT2D eigenvalue weighted by molar-refractivity contribution is 7.91. The molecule has 27 heavy (non-hydrogen) atoms. The van der Waals surface area contributed by atoms with Gasteiger partial charge < -0.3 is 0 Å². The quantitative estimate of drug-likeness (QED) is 0.796. The van der Waals surface area contributed by atoms with E-state index in [1.54, 1.807) is 24.3 Å². The summed E-state index contributed by atoms with van der Waals surface area (Å²) in [6, 6.07) is 10.1. The summed E-state index contributed by atoms with van der Waals surface area (Å²) in [5, 5.41) is 3.52. The summed E-state index contributed by atoms with van der Waals surface area (Å²) in [4.78, 5) is 0.263. The van der Waals surface area contributed by atoms with E-state index in [0.29, 0.717) is 24.0 Å². The predicted octanol–water partition coefficient (Wildman–Crippen LogP) is 4.77. The molecular weight excluding hydrogens is 368 g/mol. The fraction of sp³-hybridized carbons (Fsp3) is 0.429. The average Bonchev–Trinajstić information content (AvgIpc) is 2.75. The van der Waals surface area contributed by atoms with Crippen molar-refractivity contribution in [2.75, 3.05) is 5.75 Å². The van der Waals surface area contributed by atoms with Gasteiger partial charge in [0.1, 0.15) is 0 Å². The SMILES string of the molecule is CCCC[C@@]1(CC)CS(=O)(=O)c2ccccc2[C@H](c2ccc(F)c(F)c2)N1. The van der Waals surface area contributed by atoms with Crippen LogP contribution in [0, 0.1) is 11.6 Å². The van der Waals surface area contributed by atoms with E-state index in [0.717, 1.165) is 25.0 Å². The molecule has 1 aliphatic rings. The fourth-order valence-corrected chi connectivity index (χ4v) is 6.01. The topological polar surface area (TPSA) is 46.2 Å². The van der Waals surface area contributed by atoms with Gasteiger partial charge in [0.2, 0.25) is 0 Å². The third-order valence-corrected chi connectivity index (χ3v) is 7.42. The Balaban J connectivity index is 2.20. The lowest BCUT2D eigenvalue weighted by Crippen LogP contribution is -2.50. The van der Waals surface area contributed by atoms with E-state index in [4.69, 9.17) is 0 Å². The first kappa shape index (κ1) is 20.0. The first-order valence-electron chi connectivity index (χ1n) is 9.36. The maximum Gasteiger partial charge on any atom is 0.180 e. The second-order valence-electron chi connectivity index (χ2n) is 7.29. The molecule has 0 spiro atoms. The minimum atomic E-state index is -3.52. The van der Waals surface area contributed by atoms with Crippen LogP contribution in [0.4, 0.5) is 8.78 Å². The molecule has 2 atom stereocenters. The largest absolute Gasteiger partial charge is 0.300 e. The molecule has 0 saturated heterocycles. The Bertz CT molecular complexity index is 930. The van der Waals surface area contributed by atoms with E-state index in [-0.39, 0.29) is 10.6 Å². The Hall–Kier alpha value is -1.79. The molecule has 0 unspecified atom stereocenters. The van der Waals surface area contributed by atoms with Crippen LogP contribution in [0.5, 0.6) is 0 Å². The second-order valence-corrected chi connectivity index (χ2v) is 9.24. The Morgan fingerprint density at radius 3 is 2.52 bits per heavy atom. The number of unbranched alkanes of at least 4 members (excludes halogenated alkanes) is 1. The summed E-state index contributed by atoms with van der Waals surface area (Å²) in [6.07, 6.45) is 3.16. The molecule has 1 heterocycles. The molecule has 0 aliphatic carbocycles. The first-order chi connectivity index (χ1) is 12.8. The van der Waals surface area contributed by atoms with Crippen molar-refractivity contribution in [3.05, 3.63) is 65.2 Å². The van der Waals surface area contributed by atoms with Crippen molar-refractivity contribution >= 4 is 9.84 Å². The molecule has 0 fully saturated rings. The minimum Gasteiger partial charge on any atom is -0.300 e. The zero-order chi connectivity index (χ0) is 19.7. The maximum atomic E-state index is 13.9. The Morgan fingerprint density at radius 1 is 1.11 bits per heavy atom. The standard InChI is InChI=1S/C21H25F2NO2S/c1-3-5-12-21(4-2)14-27(25,26)19-9-7-6-8-16(19)20(24-21)15-10-11-17(22)18(23)13-15/h6-11,13,20,24H,3-5,12,14H2,1-2H3/t20-,21-/m0/s1. The second kappa shape index (κ2) is 7.68. The van der Waals surface area contributed by atoms with Crippen molar-refractivity contribution in [3.8, 4) is 0 Å². The van der Waals surface area contributed by atoms with E-state index >= 15 is 0 Å². The number of benzene rings is 2. The number of fused-ring (bicyclic) bond motifs is 1. The van der Waals surface area contributed by atoms with Crippen LogP contribution in [0.1, 0.15) is 56.7 Å². The van der Waals surface area contributed by atoms with Crippen LogP contribution >= 0.6 is 0 Å². The molecule has 6 heteroatoms. The molecule has 0 bridgehead atoms. The summed E-state index contributed by atoms with van der Waals surface area (Å²) in [7, 11) is -3.52. The van der Waals surface area contributed by atoms with Gasteiger partial charge in [0, 0.05) is 5.54 Å². The van der Waals surface area contributed by atoms with E-state index in [1.165, 1.54) is 6.07 Å². The molecule has 0 saturated carbocycles. The predicted molar refractivity (Wildman–Crippen MR) is 102 cm³/mol. The van der Waals surface area contributed by atoms with Crippen LogP contribution in [-0.4, -0.2) is 19.7 Å². The van der Waals surface area contributed by atoms with Gasteiger partial charge in [0.25, 0.3) is 0 Å². The van der Waals surface area contributed by atoms with Crippen molar-refractivity contribution in [3.63, 3.8) is 0 Å². The number of rotatable bonds is 5. The fourth-order valence-electron chi connectivity index (χ4n) is 3.86. The molecule has 1 aliphatic heterocycles. The summed E-state index contributed by atoms with van der Waals surface area (Å²) >= 11 is 0. The van der Waals surface area contributed by atoms with Crippen molar-refractivity contribution < 1.29 is 17.2 Å². The highest BCUT2D eigenvalue weighted by Gasteiger charge is 2.41. The van der Waals surface area contributed by atoms with Gasteiger partial charge in [-0.05, 0) is 42.2 Å². The van der Waals surface area contributed by atoms with Crippen LogP contribution in [-0.2, 0) is 9.84 Å². The van der Waals surface area contributed by atoms with Crippen molar-refractivity contribution in [1.82, 2.24) is 5.32 Å². The summed E-state index contributed by atoms with van der Waals surface area (Å²) in [5.41, 5.74) is 0.478. The lowest BCUT2D eigenvalue weighted by molar-refractivity contribution is 0.294. The Labute approximate surface area is 159 Å². The smallest absolute Gasteiger partial charge is 0.180 e. The van der Waals surface area contributed by atoms with Crippen LogP contribution in [0.25, 0.3) is 0 Å². The normalized spacial score (nSPS) is 24.2. The molecule has 1 N–H and O–H groups in total. The van der Waals surface area contributed by atoms with Gasteiger partial charge in [-0.25, -0.2) is 17.2 Å². The molecule has 0 aromatic heterocycles. The Kier molecular flexibility index (Phi) is 5.68. The van der Waals surface area contributed by atoms with Gasteiger partial charge in [0.15, 0.2) is 21.5 Å². The zero-order valence-electron chi connectivity index (χ0n) is 15.6. The number of hydrogen-bond acceptors (Lipinski definition) is 3. The van der Waals surface area contributed by atoms with Crippen LogP contribution < -0.4 is 5.32 Å². The minimum absolute atomic E-state index is 0.00626. The van der Waals surface area contributed by atoms with Gasteiger partial charge in [-0.1, -0.05) is 51.0 Å². The van der Waals surface area contributed by atoms with Crippen LogP contribution in [0.2, 0.25) is 0 Å². The van der Waals surface area contributed by atoms with Gasteiger partial charge in [-0.2, -0.15) is 0 Å². The first-order valence-corrected chi connectivity index (χ1v) is 11.0. The Morgan fingerprint density at radius 2 is 1.85 bits per heavy atom. The highest BCUT2D eigenvalue weighted by atomic mass is 32.2. The molecule has 2 aromatic rings. The molecule has 146 valence electrons. The third kappa shape index (κ3) is 3.92. The van der Waals surface area contributed by atoms with Gasteiger partial charge in [-0.15, -0.1) is 0 Å². The molecular formula is C21H25F2NO2S. The van der Waals surface area contributed by atoms with E-state index in [1.807, 2.05) is 6.92 Å². The van der Waals surface area contributed by atoms with E-state index < -0.39 is 33.1 Å². The summed E-state index contributed by atoms with van der Waals surface area (Å²) in [5.74, 6) is -1.86. The lowest BCUT2D eigenvalue weighted by Gasteiger charge is -2.36. The third-order valence-electron chi connectivity index (χ3n) is 5.44.